The van der Waals surface area contributed by atoms with E-state index in [-0.39, 0.29) is 5.91 Å². The highest BCUT2D eigenvalue weighted by atomic mass is 16.1. The summed E-state index contributed by atoms with van der Waals surface area (Å²) in [6.07, 6.45) is 10.9. The van der Waals surface area contributed by atoms with Gasteiger partial charge in [0.15, 0.2) is 0 Å². The van der Waals surface area contributed by atoms with Crippen LogP contribution < -0.4 is 10.6 Å². The minimum Gasteiger partial charge on any atom is -0.352 e. The Kier molecular flexibility index (Phi) is 8.06. The van der Waals surface area contributed by atoms with Gasteiger partial charge in [0.2, 0.25) is 5.91 Å². The number of rotatable bonds is 9. The van der Waals surface area contributed by atoms with Crippen LogP contribution in [0.2, 0.25) is 0 Å². The number of amides is 1. The lowest BCUT2D eigenvalue weighted by Gasteiger charge is -2.19. The fourth-order valence-electron chi connectivity index (χ4n) is 2.73. The normalized spacial score (nSPS) is 17.9. The van der Waals surface area contributed by atoms with E-state index in [9.17, 15) is 4.79 Å². The first-order valence-corrected chi connectivity index (χ1v) is 7.79. The highest BCUT2D eigenvalue weighted by Gasteiger charge is 2.16. The minimum atomic E-state index is 0.177. The third kappa shape index (κ3) is 6.39. The Hall–Kier alpha value is -0.570. The van der Waals surface area contributed by atoms with Gasteiger partial charge in [-0.1, -0.05) is 46.0 Å². The van der Waals surface area contributed by atoms with Crippen molar-refractivity contribution in [2.24, 2.45) is 0 Å². The second-order valence-corrected chi connectivity index (χ2v) is 5.56. The predicted molar refractivity (Wildman–Crippen MR) is 76.6 cm³/mol. The minimum absolute atomic E-state index is 0.177. The standard InChI is InChI=1S/C15H30N2O/c1-3-5-9-14(8-4-2)17-15(18)12-16-13-10-6-7-11-13/h13-14,16H,3-12H2,1-2H3,(H,17,18). The molecule has 1 saturated carbocycles. The lowest BCUT2D eigenvalue weighted by atomic mass is 10.1. The molecular formula is C15H30N2O. The van der Waals surface area contributed by atoms with E-state index < -0.39 is 0 Å². The van der Waals surface area contributed by atoms with Crippen LogP contribution in [0.15, 0.2) is 0 Å². The zero-order valence-corrected chi connectivity index (χ0v) is 12.1. The number of nitrogens with one attached hydrogen (secondary N) is 2. The molecule has 1 amide bonds. The van der Waals surface area contributed by atoms with Crippen LogP contribution in [0.5, 0.6) is 0 Å². The van der Waals surface area contributed by atoms with Crippen LogP contribution in [0.3, 0.4) is 0 Å². The van der Waals surface area contributed by atoms with Crippen molar-refractivity contribution in [3.05, 3.63) is 0 Å². The van der Waals surface area contributed by atoms with Gasteiger partial charge < -0.3 is 10.6 Å². The molecule has 1 unspecified atom stereocenters. The van der Waals surface area contributed by atoms with E-state index in [4.69, 9.17) is 0 Å². The number of unbranched alkanes of at least 4 members (excludes halogenated alkanes) is 1. The van der Waals surface area contributed by atoms with Crippen molar-refractivity contribution in [3.8, 4) is 0 Å². The Labute approximate surface area is 112 Å². The molecule has 1 rings (SSSR count). The summed E-state index contributed by atoms with van der Waals surface area (Å²) < 4.78 is 0. The van der Waals surface area contributed by atoms with Crippen molar-refractivity contribution in [1.82, 2.24) is 10.6 Å². The van der Waals surface area contributed by atoms with Gasteiger partial charge in [0.1, 0.15) is 0 Å². The van der Waals surface area contributed by atoms with Crippen LogP contribution in [-0.4, -0.2) is 24.5 Å². The third-order valence-electron chi connectivity index (χ3n) is 3.81. The highest BCUT2D eigenvalue weighted by Crippen LogP contribution is 2.17. The van der Waals surface area contributed by atoms with Crippen molar-refractivity contribution in [3.63, 3.8) is 0 Å². The second-order valence-electron chi connectivity index (χ2n) is 5.56. The van der Waals surface area contributed by atoms with Crippen molar-refractivity contribution < 1.29 is 4.79 Å². The zero-order chi connectivity index (χ0) is 13.2. The maximum Gasteiger partial charge on any atom is 0.234 e. The van der Waals surface area contributed by atoms with Crippen LogP contribution in [0.25, 0.3) is 0 Å². The lowest BCUT2D eigenvalue weighted by molar-refractivity contribution is -0.121. The molecule has 0 aromatic carbocycles. The molecule has 0 saturated heterocycles. The first-order chi connectivity index (χ1) is 8.76. The van der Waals surface area contributed by atoms with Gasteiger partial charge in [0.25, 0.3) is 0 Å². The first-order valence-electron chi connectivity index (χ1n) is 7.79. The summed E-state index contributed by atoms with van der Waals surface area (Å²) in [6, 6.07) is 0.962. The van der Waals surface area contributed by atoms with Gasteiger partial charge >= 0.3 is 0 Å². The average molecular weight is 254 g/mol. The van der Waals surface area contributed by atoms with Crippen molar-refractivity contribution in [1.29, 1.82) is 0 Å². The van der Waals surface area contributed by atoms with Gasteiger partial charge in [0, 0.05) is 12.1 Å². The summed E-state index contributed by atoms with van der Waals surface area (Å²) in [5.74, 6) is 0.177. The summed E-state index contributed by atoms with van der Waals surface area (Å²) in [6.45, 7) is 4.88. The van der Waals surface area contributed by atoms with E-state index in [0.29, 0.717) is 18.6 Å². The number of hydrogen-bond acceptors (Lipinski definition) is 2. The molecule has 106 valence electrons. The maximum atomic E-state index is 11.9. The van der Waals surface area contributed by atoms with Crippen LogP contribution in [0.4, 0.5) is 0 Å². The summed E-state index contributed by atoms with van der Waals surface area (Å²) in [5.41, 5.74) is 0. The Balaban J connectivity index is 2.17. The van der Waals surface area contributed by atoms with E-state index in [1.54, 1.807) is 0 Å². The predicted octanol–water partition coefficient (Wildman–Crippen LogP) is 2.99. The molecule has 0 aliphatic heterocycles. The Bertz CT molecular complexity index is 225. The second kappa shape index (κ2) is 9.37. The largest absolute Gasteiger partial charge is 0.352 e. The molecule has 0 heterocycles. The van der Waals surface area contributed by atoms with Crippen LogP contribution in [0, 0.1) is 0 Å². The molecule has 1 aliphatic carbocycles. The molecule has 0 aromatic rings. The van der Waals surface area contributed by atoms with E-state index in [0.717, 1.165) is 19.3 Å². The molecule has 1 atom stereocenters. The van der Waals surface area contributed by atoms with Crippen LogP contribution >= 0.6 is 0 Å². The molecule has 0 aromatic heterocycles. The monoisotopic (exact) mass is 254 g/mol. The lowest BCUT2D eigenvalue weighted by Crippen LogP contribution is -2.42. The van der Waals surface area contributed by atoms with Crippen molar-refractivity contribution >= 4 is 5.91 Å². The highest BCUT2D eigenvalue weighted by molar-refractivity contribution is 5.78. The van der Waals surface area contributed by atoms with Crippen molar-refractivity contribution in [2.45, 2.75) is 83.7 Å². The third-order valence-corrected chi connectivity index (χ3v) is 3.81. The zero-order valence-electron chi connectivity index (χ0n) is 12.1. The van der Waals surface area contributed by atoms with E-state index in [1.165, 1.54) is 38.5 Å². The molecule has 0 radical (unpaired) electrons. The summed E-state index contributed by atoms with van der Waals surface area (Å²) in [5, 5.41) is 6.55. The molecule has 1 fully saturated rings. The van der Waals surface area contributed by atoms with Gasteiger partial charge in [-0.3, -0.25) is 4.79 Å². The Morgan fingerprint density at radius 3 is 2.50 bits per heavy atom. The molecule has 2 N–H and O–H groups in total. The van der Waals surface area contributed by atoms with Crippen LogP contribution in [0.1, 0.15) is 71.6 Å². The van der Waals surface area contributed by atoms with Gasteiger partial charge in [-0.25, -0.2) is 0 Å². The number of carbonyl (C=O) groups excluding carboxylic acids is 1. The molecule has 0 bridgehead atoms. The van der Waals surface area contributed by atoms with E-state index in [2.05, 4.69) is 24.5 Å². The summed E-state index contributed by atoms with van der Waals surface area (Å²) in [7, 11) is 0. The molecular weight excluding hydrogens is 224 g/mol. The summed E-state index contributed by atoms with van der Waals surface area (Å²) >= 11 is 0. The quantitative estimate of drug-likeness (QED) is 0.664. The number of carbonyl (C=O) groups is 1. The SMILES string of the molecule is CCCCC(CCC)NC(=O)CNC1CCCC1. The molecule has 3 nitrogen and oxygen atoms in total. The average Bonchev–Trinajstić information content (AvgIpc) is 2.87. The van der Waals surface area contributed by atoms with Crippen LogP contribution in [-0.2, 0) is 4.79 Å². The Morgan fingerprint density at radius 1 is 1.17 bits per heavy atom. The van der Waals surface area contributed by atoms with Gasteiger partial charge in [-0.05, 0) is 25.7 Å². The number of hydrogen-bond donors (Lipinski definition) is 2. The molecule has 3 heteroatoms. The maximum absolute atomic E-state index is 11.9. The van der Waals surface area contributed by atoms with E-state index >= 15 is 0 Å². The van der Waals surface area contributed by atoms with E-state index in [1.807, 2.05) is 0 Å². The smallest absolute Gasteiger partial charge is 0.234 e. The summed E-state index contributed by atoms with van der Waals surface area (Å²) in [4.78, 5) is 11.9. The van der Waals surface area contributed by atoms with Gasteiger partial charge in [-0.15, -0.1) is 0 Å². The Morgan fingerprint density at radius 2 is 1.89 bits per heavy atom. The molecule has 1 aliphatic rings. The van der Waals surface area contributed by atoms with Crippen molar-refractivity contribution in [2.75, 3.05) is 6.54 Å². The van der Waals surface area contributed by atoms with Gasteiger partial charge in [-0.2, -0.15) is 0 Å². The van der Waals surface area contributed by atoms with Gasteiger partial charge in [0.05, 0.1) is 6.54 Å². The fraction of sp³-hybridized carbons (Fsp3) is 0.933. The molecule has 0 spiro atoms. The topological polar surface area (TPSA) is 41.1 Å². The molecule has 18 heavy (non-hydrogen) atoms. The fourth-order valence-corrected chi connectivity index (χ4v) is 2.73. The first kappa shape index (κ1) is 15.5.